The van der Waals surface area contributed by atoms with E-state index in [-0.39, 0.29) is 0 Å². The Hall–Kier alpha value is -0.0800. The number of piperidine rings is 1. The topological polar surface area (TPSA) is 29.3 Å². The van der Waals surface area contributed by atoms with Crippen molar-refractivity contribution in [2.24, 2.45) is 17.6 Å². The van der Waals surface area contributed by atoms with E-state index in [4.69, 9.17) is 5.73 Å². The van der Waals surface area contributed by atoms with Gasteiger partial charge in [0.1, 0.15) is 0 Å². The number of nitrogens with zero attached hydrogens (tertiary/aromatic N) is 1. The second kappa shape index (κ2) is 5.72. The SMILES string of the molecule is CCC(C)C(CN)N1CCC(C)CC1. The molecule has 0 aromatic heterocycles. The van der Waals surface area contributed by atoms with E-state index in [0.717, 1.165) is 18.4 Å². The first-order valence-corrected chi connectivity index (χ1v) is 6.13. The highest BCUT2D eigenvalue weighted by atomic mass is 15.2. The first-order valence-electron chi connectivity index (χ1n) is 6.13. The molecule has 1 heterocycles. The lowest BCUT2D eigenvalue weighted by Crippen LogP contribution is -2.48. The van der Waals surface area contributed by atoms with Crippen molar-refractivity contribution in [3.05, 3.63) is 0 Å². The zero-order valence-electron chi connectivity index (χ0n) is 10.00. The molecule has 2 atom stereocenters. The molecule has 0 radical (unpaired) electrons. The van der Waals surface area contributed by atoms with Crippen LogP contribution in [-0.4, -0.2) is 30.6 Å². The molecule has 0 aliphatic carbocycles. The molecule has 14 heavy (non-hydrogen) atoms. The second-order valence-electron chi connectivity index (χ2n) is 4.91. The van der Waals surface area contributed by atoms with Crippen LogP contribution in [0, 0.1) is 11.8 Å². The average molecular weight is 198 g/mol. The summed E-state index contributed by atoms with van der Waals surface area (Å²) >= 11 is 0. The summed E-state index contributed by atoms with van der Waals surface area (Å²) in [7, 11) is 0. The Morgan fingerprint density at radius 2 is 1.93 bits per heavy atom. The predicted octanol–water partition coefficient (Wildman–Crippen LogP) is 2.09. The van der Waals surface area contributed by atoms with Gasteiger partial charge in [0.25, 0.3) is 0 Å². The molecule has 1 aliphatic heterocycles. The van der Waals surface area contributed by atoms with E-state index in [1.165, 1.54) is 32.4 Å². The monoisotopic (exact) mass is 198 g/mol. The predicted molar refractivity (Wildman–Crippen MR) is 62.3 cm³/mol. The second-order valence-corrected chi connectivity index (χ2v) is 4.91. The largest absolute Gasteiger partial charge is 0.329 e. The first-order chi connectivity index (χ1) is 6.69. The van der Waals surface area contributed by atoms with Gasteiger partial charge in [-0.1, -0.05) is 27.2 Å². The van der Waals surface area contributed by atoms with Crippen LogP contribution < -0.4 is 5.73 Å². The van der Waals surface area contributed by atoms with Crippen molar-refractivity contribution in [2.75, 3.05) is 19.6 Å². The number of hydrogen-bond donors (Lipinski definition) is 1. The van der Waals surface area contributed by atoms with Gasteiger partial charge in [-0.3, -0.25) is 4.90 Å². The summed E-state index contributed by atoms with van der Waals surface area (Å²) in [5.74, 6) is 1.66. The number of likely N-dealkylation sites (tertiary alicyclic amines) is 1. The molecule has 1 saturated heterocycles. The number of rotatable bonds is 4. The summed E-state index contributed by atoms with van der Waals surface area (Å²) in [5, 5.41) is 0. The lowest BCUT2D eigenvalue weighted by Gasteiger charge is -2.39. The van der Waals surface area contributed by atoms with Gasteiger partial charge in [-0.25, -0.2) is 0 Å². The van der Waals surface area contributed by atoms with Crippen LogP contribution in [0.3, 0.4) is 0 Å². The molecule has 2 N–H and O–H groups in total. The summed E-state index contributed by atoms with van der Waals surface area (Å²) in [6.07, 6.45) is 3.95. The molecular formula is C12H26N2. The minimum absolute atomic E-state index is 0.618. The zero-order valence-corrected chi connectivity index (χ0v) is 10.00. The van der Waals surface area contributed by atoms with Gasteiger partial charge in [0, 0.05) is 12.6 Å². The van der Waals surface area contributed by atoms with Crippen molar-refractivity contribution in [2.45, 2.75) is 46.1 Å². The Kier molecular flexibility index (Phi) is 4.90. The van der Waals surface area contributed by atoms with Gasteiger partial charge < -0.3 is 5.73 Å². The Labute approximate surface area is 88.8 Å². The average Bonchev–Trinajstić information content (AvgIpc) is 2.21. The van der Waals surface area contributed by atoms with Crippen LogP contribution in [0.15, 0.2) is 0 Å². The van der Waals surface area contributed by atoms with Gasteiger partial charge in [0.2, 0.25) is 0 Å². The summed E-state index contributed by atoms with van der Waals surface area (Å²) in [6, 6.07) is 0.618. The van der Waals surface area contributed by atoms with Gasteiger partial charge in [0.05, 0.1) is 0 Å². The van der Waals surface area contributed by atoms with Crippen LogP contribution in [0.4, 0.5) is 0 Å². The van der Waals surface area contributed by atoms with E-state index < -0.39 is 0 Å². The quantitative estimate of drug-likeness (QED) is 0.749. The highest BCUT2D eigenvalue weighted by molar-refractivity contribution is 4.80. The van der Waals surface area contributed by atoms with Gasteiger partial charge in [-0.15, -0.1) is 0 Å². The first kappa shape index (κ1) is 12.0. The minimum atomic E-state index is 0.618. The molecule has 1 fully saturated rings. The fourth-order valence-corrected chi connectivity index (χ4v) is 2.37. The molecule has 1 aliphatic rings. The van der Waals surface area contributed by atoms with Crippen molar-refractivity contribution in [3.63, 3.8) is 0 Å². The van der Waals surface area contributed by atoms with E-state index in [0.29, 0.717) is 6.04 Å². The van der Waals surface area contributed by atoms with Crippen LogP contribution in [0.2, 0.25) is 0 Å². The van der Waals surface area contributed by atoms with E-state index in [2.05, 4.69) is 25.7 Å². The Morgan fingerprint density at radius 3 is 2.36 bits per heavy atom. The van der Waals surface area contributed by atoms with Crippen molar-refractivity contribution in [1.82, 2.24) is 4.90 Å². The Morgan fingerprint density at radius 1 is 1.36 bits per heavy atom. The van der Waals surface area contributed by atoms with Gasteiger partial charge in [-0.05, 0) is 37.8 Å². The Balaban J connectivity index is 2.44. The molecular weight excluding hydrogens is 172 g/mol. The molecule has 0 amide bonds. The van der Waals surface area contributed by atoms with Crippen molar-refractivity contribution in [3.8, 4) is 0 Å². The van der Waals surface area contributed by atoms with Crippen LogP contribution in [-0.2, 0) is 0 Å². The molecule has 0 bridgehead atoms. The molecule has 0 aromatic carbocycles. The van der Waals surface area contributed by atoms with Gasteiger partial charge in [0.15, 0.2) is 0 Å². The smallest absolute Gasteiger partial charge is 0.0243 e. The summed E-state index contributed by atoms with van der Waals surface area (Å²) in [6.45, 7) is 10.3. The molecule has 0 spiro atoms. The number of nitrogens with two attached hydrogens (primary N) is 1. The maximum Gasteiger partial charge on any atom is 0.0243 e. The number of hydrogen-bond acceptors (Lipinski definition) is 2. The maximum absolute atomic E-state index is 5.87. The van der Waals surface area contributed by atoms with Crippen molar-refractivity contribution in [1.29, 1.82) is 0 Å². The van der Waals surface area contributed by atoms with E-state index in [9.17, 15) is 0 Å². The molecule has 2 nitrogen and oxygen atoms in total. The normalized spacial score (nSPS) is 24.9. The third-order valence-corrected chi connectivity index (χ3v) is 3.83. The third-order valence-electron chi connectivity index (χ3n) is 3.83. The fourth-order valence-electron chi connectivity index (χ4n) is 2.37. The summed E-state index contributed by atoms with van der Waals surface area (Å²) in [4.78, 5) is 2.61. The third kappa shape index (κ3) is 2.96. The van der Waals surface area contributed by atoms with Crippen molar-refractivity contribution >= 4 is 0 Å². The van der Waals surface area contributed by atoms with Gasteiger partial charge in [-0.2, -0.15) is 0 Å². The highest BCUT2D eigenvalue weighted by Crippen LogP contribution is 2.22. The lowest BCUT2D eigenvalue weighted by atomic mass is 9.92. The van der Waals surface area contributed by atoms with Crippen molar-refractivity contribution < 1.29 is 0 Å². The standard InChI is InChI=1S/C12H26N2/c1-4-11(3)12(9-13)14-7-5-10(2)6-8-14/h10-12H,4-9,13H2,1-3H3. The van der Waals surface area contributed by atoms with Crippen LogP contribution >= 0.6 is 0 Å². The fraction of sp³-hybridized carbons (Fsp3) is 1.00. The molecule has 84 valence electrons. The molecule has 2 heteroatoms. The lowest BCUT2D eigenvalue weighted by molar-refractivity contribution is 0.106. The molecule has 0 aromatic rings. The molecule has 1 rings (SSSR count). The van der Waals surface area contributed by atoms with Crippen LogP contribution in [0.1, 0.15) is 40.0 Å². The summed E-state index contributed by atoms with van der Waals surface area (Å²) in [5.41, 5.74) is 5.87. The van der Waals surface area contributed by atoms with Crippen LogP contribution in [0.25, 0.3) is 0 Å². The van der Waals surface area contributed by atoms with E-state index >= 15 is 0 Å². The maximum atomic E-state index is 5.87. The zero-order chi connectivity index (χ0) is 10.6. The highest BCUT2D eigenvalue weighted by Gasteiger charge is 2.25. The van der Waals surface area contributed by atoms with E-state index in [1.54, 1.807) is 0 Å². The van der Waals surface area contributed by atoms with Crippen LogP contribution in [0.5, 0.6) is 0 Å². The minimum Gasteiger partial charge on any atom is -0.329 e. The molecule has 2 unspecified atom stereocenters. The van der Waals surface area contributed by atoms with Gasteiger partial charge >= 0.3 is 0 Å². The van der Waals surface area contributed by atoms with E-state index in [1.807, 2.05) is 0 Å². The Bertz CT molecular complexity index is 150. The summed E-state index contributed by atoms with van der Waals surface area (Å²) < 4.78 is 0. The molecule has 0 saturated carbocycles.